The molecule has 0 bridgehead atoms. The van der Waals surface area contributed by atoms with E-state index in [0.717, 1.165) is 11.1 Å². The van der Waals surface area contributed by atoms with Crippen LogP contribution in [0.25, 0.3) is 17.0 Å². The van der Waals surface area contributed by atoms with Crippen LogP contribution in [0, 0.1) is 0 Å². The summed E-state index contributed by atoms with van der Waals surface area (Å²) in [5.41, 5.74) is 2.88. The second kappa shape index (κ2) is 7.70. The number of benzene rings is 2. The fraction of sp³-hybridized carbons (Fsp3) is 0.0952. The van der Waals surface area contributed by atoms with Crippen LogP contribution < -0.4 is 10.1 Å². The fourth-order valence-corrected chi connectivity index (χ4v) is 3.18. The van der Waals surface area contributed by atoms with Gasteiger partial charge in [0.2, 0.25) is 0 Å². The third-order valence-corrected chi connectivity index (χ3v) is 4.59. The number of nitrogens with one attached hydrogen (secondary N) is 1. The second-order valence-corrected chi connectivity index (χ2v) is 6.62. The molecule has 7 heteroatoms. The van der Waals surface area contributed by atoms with E-state index in [1.54, 1.807) is 35.9 Å². The first-order valence-electron chi connectivity index (χ1n) is 8.66. The zero-order valence-electron chi connectivity index (χ0n) is 15.1. The molecule has 1 amide bonds. The van der Waals surface area contributed by atoms with Crippen molar-refractivity contribution in [1.29, 1.82) is 0 Å². The van der Waals surface area contributed by atoms with Crippen LogP contribution in [0.4, 0.5) is 0 Å². The van der Waals surface area contributed by atoms with E-state index in [4.69, 9.17) is 16.3 Å². The van der Waals surface area contributed by atoms with Crippen molar-refractivity contribution in [3.05, 3.63) is 83.0 Å². The summed E-state index contributed by atoms with van der Waals surface area (Å²) in [5, 5.41) is 12.0. The monoisotopic (exact) mass is 392 g/mol. The van der Waals surface area contributed by atoms with Crippen molar-refractivity contribution in [3.63, 3.8) is 0 Å². The topological polar surface area (TPSA) is 68.5 Å². The molecule has 0 aliphatic carbocycles. The number of pyridine rings is 1. The third kappa shape index (κ3) is 3.54. The van der Waals surface area contributed by atoms with E-state index in [2.05, 4.69) is 15.5 Å². The maximum Gasteiger partial charge on any atom is 0.253 e. The summed E-state index contributed by atoms with van der Waals surface area (Å²) in [4.78, 5) is 12.6. The minimum Gasteiger partial charge on any atom is -0.496 e. The zero-order valence-corrected chi connectivity index (χ0v) is 15.8. The first-order chi connectivity index (χ1) is 13.7. The number of amides is 1. The van der Waals surface area contributed by atoms with Gasteiger partial charge in [0.05, 0.1) is 18.2 Å². The van der Waals surface area contributed by atoms with Crippen molar-refractivity contribution in [2.24, 2.45) is 0 Å². The summed E-state index contributed by atoms with van der Waals surface area (Å²) in [7, 11) is 1.61. The van der Waals surface area contributed by atoms with Gasteiger partial charge in [0, 0.05) is 17.8 Å². The Morgan fingerprint density at radius 3 is 2.79 bits per heavy atom. The summed E-state index contributed by atoms with van der Waals surface area (Å²) in [6.07, 6.45) is 1.73. The van der Waals surface area contributed by atoms with Crippen LogP contribution in [-0.4, -0.2) is 27.6 Å². The Morgan fingerprint density at radius 2 is 1.96 bits per heavy atom. The molecule has 4 aromatic rings. The Balaban J connectivity index is 1.63. The molecule has 0 saturated heterocycles. The van der Waals surface area contributed by atoms with Gasteiger partial charge < -0.3 is 10.1 Å². The standard InChI is InChI=1S/C21H17ClN4O2/c1-28-18-8-3-2-7-17(18)20-25-24-19-10-9-15(13-26(19)20)21(27)23-12-14-5-4-6-16(22)11-14/h2-11,13H,12H2,1H3,(H,23,27). The molecule has 4 rings (SSSR count). The highest BCUT2D eigenvalue weighted by molar-refractivity contribution is 6.30. The van der Waals surface area contributed by atoms with Gasteiger partial charge in [-0.3, -0.25) is 9.20 Å². The Morgan fingerprint density at radius 1 is 1.11 bits per heavy atom. The summed E-state index contributed by atoms with van der Waals surface area (Å²) < 4.78 is 7.21. The average Bonchev–Trinajstić information content (AvgIpc) is 3.15. The van der Waals surface area contributed by atoms with Crippen LogP contribution in [-0.2, 0) is 6.54 Å². The van der Waals surface area contributed by atoms with E-state index in [9.17, 15) is 4.79 Å². The molecular formula is C21H17ClN4O2. The minimum absolute atomic E-state index is 0.193. The Labute approximate surface area is 166 Å². The van der Waals surface area contributed by atoms with Crippen LogP contribution >= 0.6 is 11.6 Å². The Bertz CT molecular complexity index is 1160. The average molecular weight is 393 g/mol. The highest BCUT2D eigenvalue weighted by Crippen LogP contribution is 2.28. The molecule has 140 valence electrons. The van der Waals surface area contributed by atoms with Gasteiger partial charge in [-0.25, -0.2) is 0 Å². The van der Waals surface area contributed by atoms with Crippen LogP contribution in [0.1, 0.15) is 15.9 Å². The molecule has 6 nitrogen and oxygen atoms in total. The lowest BCUT2D eigenvalue weighted by molar-refractivity contribution is 0.0950. The number of fused-ring (bicyclic) bond motifs is 1. The van der Waals surface area contributed by atoms with Gasteiger partial charge in [0.15, 0.2) is 11.5 Å². The molecule has 1 N–H and O–H groups in total. The van der Waals surface area contributed by atoms with E-state index in [0.29, 0.717) is 34.4 Å². The predicted molar refractivity (Wildman–Crippen MR) is 108 cm³/mol. The molecule has 2 heterocycles. The number of para-hydroxylation sites is 1. The highest BCUT2D eigenvalue weighted by Gasteiger charge is 2.14. The smallest absolute Gasteiger partial charge is 0.253 e. The number of rotatable bonds is 5. The number of hydrogen-bond acceptors (Lipinski definition) is 4. The molecule has 0 fully saturated rings. The number of carbonyl (C=O) groups excluding carboxylic acids is 1. The number of hydrogen-bond donors (Lipinski definition) is 1. The Kier molecular flexibility index (Phi) is 4.95. The lowest BCUT2D eigenvalue weighted by Gasteiger charge is -2.08. The maximum absolute atomic E-state index is 12.6. The van der Waals surface area contributed by atoms with Crippen LogP contribution in [0.5, 0.6) is 5.75 Å². The number of halogens is 1. The predicted octanol–water partition coefficient (Wildman–Crippen LogP) is 3.99. The normalized spacial score (nSPS) is 10.8. The molecule has 2 aromatic heterocycles. The third-order valence-electron chi connectivity index (χ3n) is 4.35. The largest absolute Gasteiger partial charge is 0.496 e. The summed E-state index contributed by atoms with van der Waals surface area (Å²) in [5.74, 6) is 1.10. The van der Waals surface area contributed by atoms with Crippen molar-refractivity contribution >= 4 is 23.2 Å². The van der Waals surface area contributed by atoms with Gasteiger partial charge in [0.25, 0.3) is 5.91 Å². The first kappa shape index (κ1) is 18.0. The van der Waals surface area contributed by atoms with Crippen molar-refractivity contribution in [1.82, 2.24) is 19.9 Å². The molecule has 0 aliphatic rings. The lowest BCUT2D eigenvalue weighted by atomic mass is 10.2. The molecule has 2 aromatic carbocycles. The van der Waals surface area contributed by atoms with Gasteiger partial charge >= 0.3 is 0 Å². The first-order valence-corrected chi connectivity index (χ1v) is 9.04. The zero-order chi connectivity index (χ0) is 19.5. The van der Waals surface area contributed by atoms with Crippen LogP contribution in [0.15, 0.2) is 66.9 Å². The molecule has 0 aliphatic heterocycles. The van der Waals surface area contributed by atoms with Gasteiger partial charge in [-0.05, 0) is 42.0 Å². The lowest BCUT2D eigenvalue weighted by Crippen LogP contribution is -2.23. The summed E-state index contributed by atoms with van der Waals surface area (Å²) in [6, 6.07) is 18.4. The minimum atomic E-state index is -0.193. The molecule has 0 spiro atoms. The Hall–Kier alpha value is -3.38. The number of nitrogens with zero attached hydrogens (tertiary/aromatic N) is 3. The molecule has 0 radical (unpaired) electrons. The number of carbonyl (C=O) groups is 1. The molecule has 0 unspecified atom stereocenters. The number of ether oxygens (including phenoxy) is 1. The second-order valence-electron chi connectivity index (χ2n) is 6.18. The quantitative estimate of drug-likeness (QED) is 0.557. The van der Waals surface area contributed by atoms with E-state index < -0.39 is 0 Å². The van der Waals surface area contributed by atoms with E-state index in [-0.39, 0.29) is 5.91 Å². The van der Waals surface area contributed by atoms with Gasteiger partial charge in [-0.1, -0.05) is 35.9 Å². The molecule has 28 heavy (non-hydrogen) atoms. The highest BCUT2D eigenvalue weighted by atomic mass is 35.5. The van der Waals surface area contributed by atoms with Crippen LogP contribution in [0.3, 0.4) is 0 Å². The van der Waals surface area contributed by atoms with Gasteiger partial charge in [-0.15, -0.1) is 10.2 Å². The van der Waals surface area contributed by atoms with E-state index in [1.807, 2.05) is 42.5 Å². The molecule has 0 atom stereocenters. The van der Waals surface area contributed by atoms with Crippen LogP contribution in [0.2, 0.25) is 5.02 Å². The van der Waals surface area contributed by atoms with Gasteiger partial charge in [0.1, 0.15) is 5.75 Å². The summed E-state index contributed by atoms with van der Waals surface area (Å²) >= 11 is 5.99. The van der Waals surface area contributed by atoms with Crippen molar-refractivity contribution in [2.45, 2.75) is 6.54 Å². The molecule has 0 saturated carbocycles. The number of methoxy groups -OCH3 is 1. The summed E-state index contributed by atoms with van der Waals surface area (Å²) in [6.45, 7) is 0.388. The SMILES string of the molecule is COc1ccccc1-c1nnc2ccc(C(=O)NCc3cccc(Cl)c3)cn12. The van der Waals surface area contributed by atoms with E-state index >= 15 is 0 Å². The van der Waals surface area contributed by atoms with E-state index in [1.165, 1.54) is 0 Å². The van der Waals surface area contributed by atoms with Crippen molar-refractivity contribution < 1.29 is 9.53 Å². The van der Waals surface area contributed by atoms with Gasteiger partial charge in [-0.2, -0.15) is 0 Å². The fourth-order valence-electron chi connectivity index (χ4n) is 2.97. The number of aromatic nitrogens is 3. The molecular weight excluding hydrogens is 376 g/mol. The van der Waals surface area contributed by atoms with Crippen molar-refractivity contribution in [2.75, 3.05) is 7.11 Å². The maximum atomic E-state index is 12.6. The van der Waals surface area contributed by atoms with Crippen molar-refractivity contribution in [3.8, 4) is 17.1 Å².